The molecule has 2 N–H and O–H groups in total. The zero-order chi connectivity index (χ0) is 21.4. The molecule has 4 aromatic rings. The number of hydrogen-bond acceptors (Lipinski definition) is 6. The van der Waals surface area contributed by atoms with Gasteiger partial charge in [-0.25, -0.2) is 28.7 Å². The number of rotatable bonds is 5. The van der Waals surface area contributed by atoms with Gasteiger partial charge in [-0.05, 0) is 42.8 Å². The first kappa shape index (κ1) is 19.1. The number of H-pyrrole nitrogens is 1. The predicted octanol–water partition coefficient (Wildman–Crippen LogP) is 4.57. The van der Waals surface area contributed by atoms with Gasteiger partial charge in [0.25, 0.3) is 0 Å². The summed E-state index contributed by atoms with van der Waals surface area (Å²) >= 11 is 0. The fraction of sp³-hybridized carbons (Fsp3) is 0.182. The molecule has 0 aliphatic carbocycles. The van der Waals surface area contributed by atoms with Gasteiger partial charge in [0.2, 0.25) is 0 Å². The van der Waals surface area contributed by atoms with E-state index in [9.17, 15) is 8.78 Å². The molecule has 0 amide bonds. The number of hydrogen-bond donors (Lipinski definition) is 2. The Morgan fingerprint density at radius 2 is 1.97 bits per heavy atom. The highest BCUT2D eigenvalue weighted by Gasteiger charge is 2.28. The van der Waals surface area contributed by atoms with Crippen molar-refractivity contribution >= 4 is 34.2 Å². The van der Waals surface area contributed by atoms with Crippen LogP contribution in [0.25, 0.3) is 11.2 Å². The molecule has 1 atom stereocenters. The first-order chi connectivity index (χ1) is 15.1. The first-order valence-corrected chi connectivity index (χ1v) is 9.93. The molecule has 0 saturated carbocycles. The molecule has 1 unspecified atom stereocenters. The minimum atomic E-state index is -0.349. The monoisotopic (exact) mass is 419 g/mol. The number of aromatic nitrogens is 4. The van der Waals surface area contributed by atoms with Crippen LogP contribution >= 0.6 is 0 Å². The van der Waals surface area contributed by atoms with Crippen LogP contribution in [0.4, 0.5) is 26.0 Å². The number of nitrogens with zero attached hydrogens (tertiary/aromatic N) is 5. The standard InChI is InChI=1S/C22H19F2N7/c1-2-17(29-21-19-20(26-11-25-19)27-12-28-21)22-30-18-7-6-15(24)8-13(18)10-31(22)16-5-3-4-14(23)9-16/h3-9,11-12,17H,2,10H2,1H3,(H2,25,26,27,28,29). The number of benzene rings is 2. The minimum Gasteiger partial charge on any atom is -0.358 e. The summed E-state index contributed by atoms with van der Waals surface area (Å²) in [5, 5.41) is 3.42. The maximum absolute atomic E-state index is 14.0. The highest BCUT2D eigenvalue weighted by atomic mass is 19.1. The van der Waals surface area contributed by atoms with Gasteiger partial charge in [0.15, 0.2) is 11.5 Å². The van der Waals surface area contributed by atoms with Crippen molar-refractivity contribution in [1.82, 2.24) is 19.9 Å². The van der Waals surface area contributed by atoms with Crippen molar-refractivity contribution < 1.29 is 8.78 Å². The lowest BCUT2D eigenvalue weighted by atomic mass is 10.1. The van der Waals surface area contributed by atoms with E-state index in [-0.39, 0.29) is 17.7 Å². The summed E-state index contributed by atoms with van der Waals surface area (Å²) in [4.78, 5) is 22.5. The van der Waals surface area contributed by atoms with Gasteiger partial charge in [-0.3, -0.25) is 0 Å². The largest absolute Gasteiger partial charge is 0.358 e. The van der Waals surface area contributed by atoms with E-state index in [2.05, 4.69) is 25.3 Å². The van der Waals surface area contributed by atoms with Crippen molar-refractivity contribution in [3.8, 4) is 0 Å². The number of halogens is 2. The topological polar surface area (TPSA) is 82.1 Å². The fourth-order valence-electron chi connectivity index (χ4n) is 3.75. The Morgan fingerprint density at radius 3 is 2.81 bits per heavy atom. The van der Waals surface area contributed by atoms with E-state index in [0.717, 1.165) is 5.56 Å². The van der Waals surface area contributed by atoms with Crippen LogP contribution in [0, 0.1) is 11.6 Å². The minimum absolute atomic E-state index is 0.247. The summed E-state index contributed by atoms with van der Waals surface area (Å²) in [7, 11) is 0. The molecule has 156 valence electrons. The van der Waals surface area contributed by atoms with Crippen molar-refractivity contribution in [2.45, 2.75) is 25.9 Å². The summed E-state index contributed by atoms with van der Waals surface area (Å²) in [6.45, 7) is 2.40. The summed E-state index contributed by atoms with van der Waals surface area (Å²) < 4.78 is 27.9. The third-order valence-corrected chi connectivity index (χ3v) is 5.26. The van der Waals surface area contributed by atoms with E-state index in [0.29, 0.717) is 47.2 Å². The number of aliphatic imine (C=N–C) groups is 1. The number of amidine groups is 1. The van der Waals surface area contributed by atoms with Crippen LogP contribution in [-0.2, 0) is 6.54 Å². The Labute approximate surface area is 176 Å². The van der Waals surface area contributed by atoms with Crippen molar-refractivity contribution in [3.05, 3.63) is 72.3 Å². The summed E-state index contributed by atoms with van der Waals surface area (Å²) in [6.07, 6.45) is 3.69. The van der Waals surface area contributed by atoms with Crippen LogP contribution in [0.2, 0.25) is 0 Å². The van der Waals surface area contributed by atoms with Gasteiger partial charge in [-0.2, -0.15) is 0 Å². The van der Waals surface area contributed by atoms with Gasteiger partial charge in [-0.1, -0.05) is 13.0 Å². The maximum atomic E-state index is 14.0. The van der Waals surface area contributed by atoms with Crippen molar-refractivity contribution in [3.63, 3.8) is 0 Å². The Kier molecular flexibility index (Phi) is 4.78. The Balaban J connectivity index is 1.59. The molecular formula is C22H19F2N7. The smallest absolute Gasteiger partial charge is 0.182 e. The van der Waals surface area contributed by atoms with E-state index in [1.54, 1.807) is 18.5 Å². The molecule has 7 nitrogen and oxygen atoms in total. The fourth-order valence-corrected chi connectivity index (χ4v) is 3.75. The Hall–Kier alpha value is -3.88. The average Bonchev–Trinajstić information content (AvgIpc) is 3.26. The summed E-state index contributed by atoms with van der Waals surface area (Å²) in [5.74, 6) is 0.613. The molecule has 2 aromatic heterocycles. The number of imidazole rings is 1. The van der Waals surface area contributed by atoms with Gasteiger partial charge < -0.3 is 15.2 Å². The van der Waals surface area contributed by atoms with E-state index in [4.69, 9.17) is 4.99 Å². The van der Waals surface area contributed by atoms with Crippen LogP contribution in [0.5, 0.6) is 0 Å². The van der Waals surface area contributed by atoms with Crippen molar-refractivity contribution in [1.29, 1.82) is 0 Å². The lowest BCUT2D eigenvalue weighted by Crippen LogP contribution is -2.44. The van der Waals surface area contributed by atoms with Gasteiger partial charge in [0.05, 0.1) is 24.6 Å². The molecule has 0 spiro atoms. The molecule has 5 rings (SSSR count). The highest BCUT2D eigenvalue weighted by Crippen LogP contribution is 2.32. The Morgan fingerprint density at radius 1 is 1.10 bits per heavy atom. The second-order valence-electron chi connectivity index (χ2n) is 7.24. The molecule has 31 heavy (non-hydrogen) atoms. The lowest BCUT2D eigenvalue weighted by molar-refractivity contribution is 0.623. The molecule has 9 heteroatoms. The van der Waals surface area contributed by atoms with Crippen molar-refractivity contribution in [2.75, 3.05) is 10.2 Å². The number of nitrogens with one attached hydrogen (secondary N) is 2. The molecule has 1 aliphatic heterocycles. The van der Waals surface area contributed by atoms with Crippen LogP contribution < -0.4 is 10.2 Å². The summed E-state index contributed by atoms with van der Waals surface area (Å²) in [6, 6.07) is 10.6. The van der Waals surface area contributed by atoms with Crippen LogP contribution in [0.15, 0.2) is 60.1 Å². The molecule has 0 radical (unpaired) electrons. The first-order valence-electron chi connectivity index (χ1n) is 9.93. The van der Waals surface area contributed by atoms with Gasteiger partial charge in [0, 0.05) is 11.3 Å². The van der Waals surface area contributed by atoms with E-state index in [1.165, 1.54) is 30.6 Å². The lowest BCUT2D eigenvalue weighted by Gasteiger charge is -2.35. The zero-order valence-electron chi connectivity index (χ0n) is 16.7. The molecule has 0 saturated heterocycles. The van der Waals surface area contributed by atoms with Gasteiger partial charge in [0.1, 0.15) is 29.3 Å². The number of anilines is 2. The molecule has 3 heterocycles. The summed E-state index contributed by atoms with van der Waals surface area (Å²) in [5.41, 5.74) is 3.32. The molecular weight excluding hydrogens is 400 g/mol. The average molecular weight is 419 g/mol. The third kappa shape index (κ3) is 3.58. The zero-order valence-corrected chi connectivity index (χ0v) is 16.7. The number of fused-ring (bicyclic) bond motifs is 2. The second kappa shape index (κ2) is 7.75. The van der Waals surface area contributed by atoms with E-state index in [1.807, 2.05) is 17.9 Å². The molecule has 0 bridgehead atoms. The van der Waals surface area contributed by atoms with Crippen molar-refractivity contribution in [2.24, 2.45) is 4.99 Å². The third-order valence-electron chi connectivity index (χ3n) is 5.26. The molecule has 2 aromatic carbocycles. The molecule has 0 fully saturated rings. The van der Waals surface area contributed by atoms with E-state index < -0.39 is 0 Å². The molecule has 1 aliphatic rings. The Bertz CT molecular complexity index is 1280. The van der Waals surface area contributed by atoms with Gasteiger partial charge in [-0.15, -0.1) is 0 Å². The van der Waals surface area contributed by atoms with Crippen LogP contribution in [0.3, 0.4) is 0 Å². The second-order valence-corrected chi connectivity index (χ2v) is 7.24. The normalized spacial score (nSPS) is 14.3. The quantitative estimate of drug-likeness (QED) is 0.495. The SMILES string of the molecule is CCC(Nc1ncnc2nc[nH]c12)C1=Nc2ccc(F)cc2CN1c1cccc(F)c1. The van der Waals surface area contributed by atoms with E-state index >= 15 is 0 Å². The maximum Gasteiger partial charge on any atom is 0.182 e. The van der Waals surface area contributed by atoms with Gasteiger partial charge >= 0.3 is 0 Å². The predicted molar refractivity (Wildman–Crippen MR) is 115 cm³/mol. The highest BCUT2D eigenvalue weighted by molar-refractivity contribution is 6.06. The van der Waals surface area contributed by atoms with Crippen LogP contribution in [0.1, 0.15) is 18.9 Å². The van der Waals surface area contributed by atoms with Crippen LogP contribution in [-0.4, -0.2) is 31.8 Å². The number of aromatic amines is 1.